The third kappa shape index (κ3) is 2.48. The highest BCUT2D eigenvalue weighted by molar-refractivity contribution is 5.91. The molecule has 2 heterocycles. The van der Waals surface area contributed by atoms with Crippen LogP contribution in [-0.4, -0.2) is 15.3 Å². The fraction of sp³-hybridized carbons (Fsp3) is 0.222. The summed E-state index contributed by atoms with van der Waals surface area (Å²) in [4.78, 5) is 17.0. The Labute approximate surface area is 133 Å². The number of hydrogen-bond donors (Lipinski definition) is 1. The van der Waals surface area contributed by atoms with Gasteiger partial charge in [-0.3, -0.25) is 4.79 Å². The number of halogens is 1. The molecule has 1 N–H and O–H groups in total. The van der Waals surface area contributed by atoms with E-state index in [0.717, 1.165) is 29.7 Å². The van der Waals surface area contributed by atoms with E-state index in [-0.39, 0.29) is 11.7 Å². The number of nitrogens with one attached hydrogen (secondary N) is 1. The first-order chi connectivity index (χ1) is 11.2. The average Bonchev–Trinajstić information content (AvgIpc) is 3.27. The van der Waals surface area contributed by atoms with E-state index >= 15 is 0 Å². The molecule has 116 valence electrons. The molecule has 1 aliphatic rings. The summed E-state index contributed by atoms with van der Waals surface area (Å²) in [5.41, 5.74) is 2.06. The molecule has 1 saturated carbocycles. The Morgan fingerprint density at radius 2 is 2.00 bits per heavy atom. The van der Waals surface area contributed by atoms with E-state index in [2.05, 4.69) is 10.3 Å². The molecule has 0 aliphatic heterocycles. The minimum absolute atomic E-state index is 0.0128. The Bertz CT molecular complexity index is 832. The van der Waals surface area contributed by atoms with Crippen LogP contribution in [0.3, 0.4) is 0 Å². The number of benzene rings is 1. The van der Waals surface area contributed by atoms with Crippen molar-refractivity contribution in [2.24, 2.45) is 0 Å². The summed E-state index contributed by atoms with van der Waals surface area (Å²) in [6.07, 6.45) is 5.44. The lowest BCUT2D eigenvalue weighted by Gasteiger charge is -2.15. The van der Waals surface area contributed by atoms with Crippen LogP contribution in [0.4, 0.5) is 4.39 Å². The highest BCUT2D eigenvalue weighted by Crippen LogP contribution is 2.48. The van der Waals surface area contributed by atoms with Crippen molar-refractivity contribution in [3.63, 3.8) is 0 Å². The lowest BCUT2D eigenvalue weighted by atomic mass is 9.95. The maximum Gasteiger partial charge on any atom is 0.230 e. The van der Waals surface area contributed by atoms with Crippen LogP contribution < -0.4 is 5.32 Å². The Morgan fingerprint density at radius 1 is 1.22 bits per heavy atom. The van der Waals surface area contributed by atoms with Gasteiger partial charge in [-0.05, 0) is 42.7 Å². The summed E-state index contributed by atoms with van der Waals surface area (Å²) in [7, 11) is 0. The van der Waals surface area contributed by atoms with Crippen molar-refractivity contribution in [1.82, 2.24) is 14.7 Å². The van der Waals surface area contributed by atoms with Crippen LogP contribution in [-0.2, 0) is 16.8 Å². The van der Waals surface area contributed by atoms with Crippen molar-refractivity contribution < 1.29 is 9.18 Å². The van der Waals surface area contributed by atoms with Crippen LogP contribution in [0.25, 0.3) is 5.65 Å². The molecule has 0 radical (unpaired) electrons. The molecular formula is C18H16FN3O. The minimum atomic E-state index is -0.493. The van der Waals surface area contributed by atoms with Gasteiger partial charge in [-0.1, -0.05) is 18.2 Å². The van der Waals surface area contributed by atoms with E-state index in [4.69, 9.17) is 0 Å². The van der Waals surface area contributed by atoms with Crippen molar-refractivity contribution in [2.75, 3.05) is 0 Å². The Morgan fingerprint density at radius 3 is 2.70 bits per heavy atom. The lowest BCUT2D eigenvalue weighted by molar-refractivity contribution is -0.123. The molecule has 4 nitrogen and oxygen atoms in total. The normalized spacial score (nSPS) is 15.5. The fourth-order valence-corrected chi connectivity index (χ4v) is 2.95. The molecule has 1 aliphatic carbocycles. The number of amides is 1. The number of aromatic nitrogens is 2. The maximum absolute atomic E-state index is 13.1. The number of carbonyl (C=O) groups is 1. The van der Waals surface area contributed by atoms with Gasteiger partial charge in [-0.25, -0.2) is 9.37 Å². The molecule has 0 spiro atoms. The van der Waals surface area contributed by atoms with Crippen LogP contribution >= 0.6 is 0 Å². The zero-order chi connectivity index (χ0) is 15.9. The Kier molecular flexibility index (Phi) is 3.15. The first-order valence-electron chi connectivity index (χ1n) is 7.64. The number of hydrogen-bond acceptors (Lipinski definition) is 2. The Balaban J connectivity index is 1.48. The van der Waals surface area contributed by atoms with Gasteiger partial charge in [0, 0.05) is 12.4 Å². The molecule has 1 amide bonds. The van der Waals surface area contributed by atoms with Gasteiger partial charge >= 0.3 is 0 Å². The topological polar surface area (TPSA) is 46.4 Å². The molecule has 3 aromatic rings. The number of pyridine rings is 1. The van der Waals surface area contributed by atoms with E-state index in [9.17, 15) is 9.18 Å². The van der Waals surface area contributed by atoms with Crippen molar-refractivity contribution in [2.45, 2.75) is 24.8 Å². The summed E-state index contributed by atoms with van der Waals surface area (Å²) in [5, 5.41) is 2.97. The van der Waals surface area contributed by atoms with Gasteiger partial charge in [0.2, 0.25) is 5.91 Å². The molecule has 1 fully saturated rings. The van der Waals surface area contributed by atoms with E-state index in [1.165, 1.54) is 12.1 Å². The second kappa shape index (κ2) is 5.19. The quantitative estimate of drug-likeness (QED) is 0.805. The van der Waals surface area contributed by atoms with Crippen molar-refractivity contribution in [3.05, 3.63) is 71.9 Å². The number of carbonyl (C=O) groups excluding carboxylic acids is 1. The van der Waals surface area contributed by atoms with Crippen LogP contribution in [0.2, 0.25) is 0 Å². The van der Waals surface area contributed by atoms with Gasteiger partial charge in [0.15, 0.2) is 0 Å². The van der Waals surface area contributed by atoms with Gasteiger partial charge in [-0.2, -0.15) is 0 Å². The molecule has 2 aromatic heterocycles. The van der Waals surface area contributed by atoms with E-state index in [0.29, 0.717) is 6.54 Å². The van der Waals surface area contributed by atoms with E-state index < -0.39 is 5.41 Å². The summed E-state index contributed by atoms with van der Waals surface area (Å²) < 4.78 is 15.0. The van der Waals surface area contributed by atoms with Gasteiger partial charge in [0.05, 0.1) is 17.7 Å². The molecule has 23 heavy (non-hydrogen) atoms. The first kappa shape index (κ1) is 13.9. The third-order valence-corrected chi connectivity index (χ3v) is 4.43. The molecule has 0 unspecified atom stereocenters. The summed E-state index contributed by atoms with van der Waals surface area (Å²) in [6, 6.07) is 12.0. The van der Waals surface area contributed by atoms with E-state index in [1.807, 2.05) is 35.0 Å². The second-order valence-electron chi connectivity index (χ2n) is 5.97. The van der Waals surface area contributed by atoms with Gasteiger partial charge in [-0.15, -0.1) is 0 Å². The fourth-order valence-electron chi connectivity index (χ4n) is 2.95. The van der Waals surface area contributed by atoms with E-state index in [1.54, 1.807) is 12.1 Å². The van der Waals surface area contributed by atoms with Gasteiger partial charge in [0.25, 0.3) is 0 Å². The highest BCUT2D eigenvalue weighted by Gasteiger charge is 2.51. The zero-order valence-electron chi connectivity index (χ0n) is 12.5. The SMILES string of the molecule is O=C(NCc1cn2ccccc2n1)C1(c2ccc(F)cc2)CC1. The van der Waals surface area contributed by atoms with Gasteiger partial charge < -0.3 is 9.72 Å². The smallest absolute Gasteiger partial charge is 0.230 e. The Hall–Kier alpha value is -2.69. The molecule has 0 bridgehead atoms. The summed E-state index contributed by atoms with van der Waals surface area (Å²) in [6.45, 7) is 0.392. The lowest BCUT2D eigenvalue weighted by Crippen LogP contribution is -2.34. The number of rotatable bonds is 4. The van der Waals surface area contributed by atoms with Crippen molar-refractivity contribution >= 4 is 11.6 Å². The number of nitrogens with zero attached hydrogens (tertiary/aromatic N) is 2. The van der Waals surface area contributed by atoms with Crippen molar-refractivity contribution in [3.8, 4) is 0 Å². The van der Waals surface area contributed by atoms with Gasteiger partial charge in [0.1, 0.15) is 11.5 Å². The summed E-state index contributed by atoms with van der Waals surface area (Å²) >= 11 is 0. The maximum atomic E-state index is 13.1. The highest BCUT2D eigenvalue weighted by atomic mass is 19.1. The zero-order valence-corrected chi connectivity index (χ0v) is 12.5. The monoisotopic (exact) mass is 309 g/mol. The van der Waals surface area contributed by atoms with Crippen LogP contribution in [0.1, 0.15) is 24.1 Å². The summed E-state index contributed by atoms with van der Waals surface area (Å²) in [5.74, 6) is -0.296. The van der Waals surface area contributed by atoms with Crippen LogP contribution in [0.15, 0.2) is 54.9 Å². The predicted octanol–water partition coefficient (Wildman–Crippen LogP) is 2.82. The second-order valence-corrected chi connectivity index (χ2v) is 5.97. The standard InChI is InChI=1S/C18H16FN3O/c19-14-6-4-13(5-7-14)18(8-9-18)17(23)20-11-15-12-22-10-2-1-3-16(22)21-15/h1-7,10,12H,8-9,11H2,(H,20,23). The van der Waals surface area contributed by atoms with Crippen LogP contribution in [0.5, 0.6) is 0 Å². The largest absolute Gasteiger partial charge is 0.350 e. The predicted molar refractivity (Wildman–Crippen MR) is 84.4 cm³/mol. The molecule has 1 aromatic carbocycles. The molecule has 0 atom stereocenters. The number of fused-ring (bicyclic) bond motifs is 1. The first-order valence-corrected chi connectivity index (χ1v) is 7.64. The number of imidazole rings is 1. The molecule has 5 heteroatoms. The molecule has 0 saturated heterocycles. The third-order valence-electron chi connectivity index (χ3n) is 4.43. The minimum Gasteiger partial charge on any atom is -0.350 e. The molecular weight excluding hydrogens is 293 g/mol. The van der Waals surface area contributed by atoms with Crippen molar-refractivity contribution in [1.29, 1.82) is 0 Å². The molecule has 4 rings (SSSR count). The van der Waals surface area contributed by atoms with Crippen LogP contribution in [0, 0.1) is 5.82 Å². The average molecular weight is 309 g/mol.